The van der Waals surface area contributed by atoms with E-state index >= 15 is 0 Å². The van der Waals surface area contributed by atoms with Gasteiger partial charge in [-0.15, -0.1) is 0 Å². The first kappa shape index (κ1) is 11.3. The van der Waals surface area contributed by atoms with Gasteiger partial charge in [-0.1, -0.05) is 13.8 Å². The molecule has 2 rings (SSSR count). The summed E-state index contributed by atoms with van der Waals surface area (Å²) in [5.41, 5.74) is 2.29. The van der Waals surface area contributed by atoms with Gasteiger partial charge >= 0.3 is 0 Å². The summed E-state index contributed by atoms with van der Waals surface area (Å²) in [5.74, 6) is 0.583. The summed E-state index contributed by atoms with van der Waals surface area (Å²) >= 11 is 0. The number of hydrogen-bond acceptors (Lipinski definition) is 3. The lowest BCUT2D eigenvalue weighted by atomic mass is 9.89. The Balaban J connectivity index is 2.34. The van der Waals surface area contributed by atoms with E-state index in [9.17, 15) is 10.2 Å². The first-order valence-corrected chi connectivity index (χ1v) is 5.86. The third-order valence-corrected chi connectivity index (χ3v) is 3.10. The smallest absolute Gasteiger partial charge is 0.157 e. The van der Waals surface area contributed by atoms with Gasteiger partial charge in [0.25, 0.3) is 0 Å². The van der Waals surface area contributed by atoms with Crippen molar-refractivity contribution in [2.75, 3.05) is 6.54 Å². The molecule has 3 N–H and O–H groups in total. The number of rotatable bonds is 2. The van der Waals surface area contributed by atoms with Crippen LogP contribution in [0.3, 0.4) is 0 Å². The van der Waals surface area contributed by atoms with Crippen molar-refractivity contribution in [3.63, 3.8) is 0 Å². The van der Waals surface area contributed by atoms with Crippen LogP contribution in [0, 0.1) is 5.92 Å². The van der Waals surface area contributed by atoms with Crippen LogP contribution in [0.2, 0.25) is 0 Å². The Bertz CT molecular complexity index is 388. The molecule has 0 bridgehead atoms. The molecule has 1 heterocycles. The van der Waals surface area contributed by atoms with Gasteiger partial charge in [0.05, 0.1) is 0 Å². The number of aromatic hydroxyl groups is 2. The third-order valence-electron chi connectivity index (χ3n) is 3.10. The number of phenols is 2. The van der Waals surface area contributed by atoms with Crippen LogP contribution in [-0.2, 0) is 6.42 Å². The van der Waals surface area contributed by atoms with E-state index in [-0.39, 0.29) is 11.5 Å². The van der Waals surface area contributed by atoms with Gasteiger partial charge in [0.15, 0.2) is 11.5 Å². The maximum absolute atomic E-state index is 9.55. The van der Waals surface area contributed by atoms with Crippen LogP contribution < -0.4 is 5.32 Å². The first-order chi connectivity index (χ1) is 7.58. The Labute approximate surface area is 96.1 Å². The van der Waals surface area contributed by atoms with E-state index in [1.165, 1.54) is 0 Å². The molecular weight excluding hydrogens is 202 g/mol. The molecule has 0 spiro atoms. The van der Waals surface area contributed by atoms with Gasteiger partial charge in [0.2, 0.25) is 0 Å². The molecule has 0 amide bonds. The average Bonchev–Trinajstić information content (AvgIpc) is 2.20. The highest BCUT2D eigenvalue weighted by Gasteiger charge is 2.22. The lowest BCUT2D eigenvalue weighted by Crippen LogP contribution is -2.30. The van der Waals surface area contributed by atoms with Crippen molar-refractivity contribution in [2.45, 2.75) is 32.7 Å². The second-order valence-corrected chi connectivity index (χ2v) is 4.93. The summed E-state index contributed by atoms with van der Waals surface area (Å²) < 4.78 is 0. The molecule has 1 aromatic carbocycles. The standard InChI is InChI=1S/C13H19NO2/c1-8(2)5-11-10-7-13(16)12(15)6-9(10)3-4-14-11/h6-8,11,14-16H,3-5H2,1-2H3/t11-/m1/s1. The second kappa shape index (κ2) is 4.34. The van der Waals surface area contributed by atoms with Crippen molar-refractivity contribution >= 4 is 0 Å². The molecular formula is C13H19NO2. The van der Waals surface area contributed by atoms with E-state index in [1.54, 1.807) is 12.1 Å². The minimum absolute atomic E-state index is 0.0102. The normalized spacial score (nSPS) is 19.8. The van der Waals surface area contributed by atoms with E-state index in [4.69, 9.17) is 0 Å². The second-order valence-electron chi connectivity index (χ2n) is 4.93. The van der Waals surface area contributed by atoms with E-state index in [0.29, 0.717) is 12.0 Å². The number of fused-ring (bicyclic) bond motifs is 1. The van der Waals surface area contributed by atoms with Gasteiger partial charge in [-0.3, -0.25) is 0 Å². The molecule has 3 heteroatoms. The molecule has 0 aliphatic carbocycles. The molecule has 1 aliphatic rings. The molecule has 0 saturated carbocycles. The van der Waals surface area contributed by atoms with Gasteiger partial charge < -0.3 is 15.5 Å². The number of hydrogen-bond donors (Lipinski definition) is 3. The minimum Gasteiger partial charge on any atom is -0.504 e. The maximum atomic E-state index is 9.55. The predicted molar refractivity (Wildman–Crippen MR) is 63.7 cm³/mol. The zero-order valence-corrected chi connectivity index (χ0v) is 9.83. The van der Waals surface area contributed by atoms with E-state index in [2.05, 4.69) is 19.2 Å². The Morgan fingerprint density at radius 2 is 2.00 bits per heavy atom. The Morgan fingerprint density at radius 3 is 2.69 bits per heavy atom. The van der Waals surface area contributed by atoms with E-state index in [1.807, 2.05) is 0 Å². The highest BCUT2D eigenvalue weighted by molar-refractivity contribution is 5.47. The molecule has 0 aromatic heterocycles. The molecule has 16 heavy (non-hydrogen) atoms. The zero-order valence-electron chi connectivity index (χ0n) is 9.83. The van der Waals surface area contributed by atoms with Crippen LogP contribution in [0.15, 0.2) is 12.1 Å². The molecule has 1 aliphatic heterocycles. The molecule has 3 nitrogen and oxygen atoms in total. The topological polar surface area (TPSA) is 52.5 Å². The van der Waals surface area contributed by atoms with Crippen LogP contribution in [0.25, 0.3) is 0 Å². The van der Waals surface area contributed by atoms with E-state index < -0.39 is 0 Å². The van der Waals surface area contributed by atoms with Crippen molar-refractivity contribution in [1.82, 2.24) is 5.32 Å². The fourth-order valence-electron chi connectivity index (χ4n) is 2.35. The van der Waals surface area contributed by atoms with Crippen LogP contribution in [-0.4, -0.2) is 16.8 Å². The lowest BCUT2D eigenvalue weighted by molar-refractivity contribution is 0.388. The Kier molecular flexibility index (Phi) is 3.06. The molecule has 1 aromatic rings. The third kappa shape index (κ3) is 2.14. The monoisotopic (exact) mass is 221 g/mol. The van der Waals surface area contributed by atoms with Gasteiger partial charge in [-0.2, -0.15) is 0 Å². The summed E-state index contributed by atoms with van der Waals surface area (Å²) in [5, 5.41) is 22.5. The zero-order chi connectivity index (χ0) is 11.7. The molecule has 0 fully saturated rings. The molecule has 0 unspecified atom stereocenters. The molecule has 1 atom stereocenters. The summed E-state index contributed by atoms with van der Waals surface area (Å²) in [7, 11) is 0. The maximum Gasteiger partial charge on any atom is 0.157 e. The largest absolute Gasteiger partial charge is 0.504 e. The fraction of sp³-hybridized carbons (Fsp3) is 0.538. The van der Waals surface area contributed by atoms with Gasteiger partial charge in [-0.05, 0) is 48.6 Å². The van der Waals surface area contributed by atoms with E-state index in [0.717, 1.165) is 30.5 Å². The highest BCUT2D eigenvalue weighted by atomic mass is 16.3. The van der Waals surface area contributed by atoms with Crippen molar-refractivity contribution in [3.8, 4) is 11.5 Å². The van der Waals surface area contributed by atoms with Crippen molar-refractivity contribution < 1.29 is 10.2 Å². The molecule has 0 radical (unpaired) electrons. The van der Waals surface area contributed by atoms with Crippen LogP contribution in [0.5, 0.6) is 11.5 Å². The predicted octanol–water partition coefficient (Wildman–Crippen LogP) is 2.33. The summed E-state index contributed by atoms with van der Waals surface area (Å²) in [6, 6.07) is 3.69. The number of nitrogens with one attached hydrogen (secondary N) is 1. The highest BCUT2D eigenvalue weighted by Crippen LogP contribution is 2.35. The van der Waals surface area contributed by atoms with Gasteiger partial charge in [0, 0.05) is 6.04 Å². The molecule has 0 saturated heterocycles. The van der Waals surface area contributed by atoms with Crippen LogP contribution in [0.4, 0.5) is 0 Å². The Hall–Kier alpha value is -1.22. The van der Waals surface area contributed by atoms with Gasteiger partial charge in [-0.25, -0.2) is 0 Å². The lowest BCUT2D eigenvalue weighted by Gasteiger charge is -2.28. The molecule has 88 valence electrons. The summed E-state index contributed by atoms with van der Waals surface area (Å²) in [6.45, 7) is 5.32. The SMILES string of the molecule is CC(C)C[C@H]1NCCc2cc(O)c(O)cc21. The number of phenolic OH excluding ortho intramolecular Hbond substituents is 2. The van der Waals surface area contributed by atoms with Crippen molar-refractivity contribution in [3.05, 3.63) is 23.3 Å². The number of benzene rings is 1. The van der Waals surface area contributed by atoms with Crippen molar-refractivity contribution in [1.29, 1.82) is 0 Å². The Morgan fingerprint density at radius 1 is 1.31 bits per heavy atom. The quantitative estimate of drug-likeness (QED) is 0.672. The minimum atomic E-state index is -0.0174. The summed E-state index contributed by atoms with van der Waals surface area (Å²) in [6.07, 6.45) is 1.97. The van der Waals surface area contributed by atoms with Gasteiger partial charge in [0.1, 0.15) is 0 Å². The van der Waals surface area contributed by atoms with Crippen LogP contribution >= 0.6 is 0 Å². The summed E-state index contributed by atoms with van der Waals surface area (Å²) in [4.78, 5) is 0. The van der Waals surface area contributed by atoms with Crippen LogP contribution in [0.1, 0.15) is 37.4 Å². The fourth-order valence-corrected chi connectivity index (χ4v) is 2.35. The van der Waals surface area contributed by atoms with Crippen molar-refractivity contribution in [2.24, 2.45) is 5.92 Å². The first-order valence-electron chi connectivity index (χ1n) is 5.86. The average molecular weight is 221 g/mol.